The molecule has 0 atom stereocenters. The summed E-state index contributed by atoms with van der Waals surface area (Å²) in [6.07, 6.45) is 5.01. The lowest BCUT2D eigenvalue weighted by molar-refractivity contribution is 0.0749. The molecular formula is C12H20N4O. The summed E-state index contributed by atoms with van der Waals surface area (Å²) in [6.45, 7) is 5.65. The van der Waals surface area contributed by atoms with Crippen LogP contribution in [0.25, 0.3) is 0 Å². The molecule has 0 aromatic carbocycles. The monoisotopic (exact) mass is 236 g/mol. The molecule has 94 valence electrons. The molecular weight excluding hydrogens is 216 g/mol. The fourth-order valence-corrected chi connectivity index (χ4v) is 1.61. The largest absolute Gasteiger partial charge is 0.372 e. The van der Waals surface area contributed by atoms with E-state index in [1.165, 1.54) is 6.20 Å². The quantitative estimate of drug-likeness (QED) is 0.818. The van der Waals surface area contributed by atoms with E-state index in [1.54, 1.807) is 13.2 Å². The number of carbonyl (C=O) groups is 1. The van der Waals surface area contributed by atoms with E-state index in [0.717, 1.165) is 25.9 Å². The normalized spacial score (nSPS) is 10.1. The lowest BCUT2D eigenvalue weighted by Gasteiger charge is -2.20. The molecule has 0 unspecified atom stereocenters. The fraction of sp³-hybridized carbons (Fsp3) is 0.583. The summed E-state index contributed by atoms with van der Waals surface area (Å²) in [6, 6.07) is 0. The van der Waals surface area contributed by atoms with Crippen LogP contribution in [0.1, 0.15) is 37.2 Å². The molecule has 1 rings (SSSR count). The molecule has 0 aliphatic heterocycles. The number of nitrogens with one attached hydrogen (secondary N) is 1. The van der Waals surface area contributed by atoms with Crippen molar-refractivity contribution in [1.82, 2.24) is 14.9 Å². The molecule has 1 N–H and O–H groups in total. The van der Waals surface area contributed by atoms with Gasteiger partial charge in [-0.05, 0) is 12.8 Å². The average Bonchev–Trinajstić information content (AvgIpc) is 2.38. The van der Waals surface area contributed by atoms with Gasteiger partial charge in [0.25, 0.3) is 5.91 Å². The maximum Gasteiger partial charge on any atom is 0.274 e. The standard InChI is InChI=1S/C12H20N4O/c1-4-6-16(7-5-2)12(17)10-8-14-9-11(13-3)15-10/h8-9H,4-7H2,1-3H3,(H,13,15). The number of amides is 1. The molecule has 1 aromatic heterocycles. The van der Waals surface area contributed by atoms with Gasteiger partial charge in [-0.3, -0.25) is 9.78 Å². The van der Waals surface area contributed by atoms with Crippen LogP contribution in [0.5, 0.6) is 0 Å². The molecule has 0 spiro atoms. The maximum atomic E-state index is 12.2. The molecule has 0 bridgehead atoms. The zero-order valence-electron chi connectivity index (χ0n) is 10.7. The van der Waals surface area contributed by atoms with Gasteiger partial charge < -0.3 is 10.2 Å². The van der Waals surface area contributed by atoms with Crippen LogP contribution in [0.4, 0.5) is 5.82 Å². The van der Waals surface area contributed by atoms with Gasteiger partial charge in [-0.15, -0.1) is 0 Å². The van der Waals surface area contributed by atoms with Gasteiger partial charge in [0, 0.05) is 20.1 Å². The summed E-state index contributed by atoms with van der Waals surface area (Å²) in [4.78, 5) is 22.2. The van der Waals surface area contributed by atoms with E-state index in [-0.39, 0.29) is 5.91 Å². The fourth-order valence-electron chi connectivity index (χ4n) is 1.61. The minimum atomic E-state index is -0.0432. The van der Waals surface area contributed by atoms with Crippen LogP contribution in [0.2, 0.25) is 0 Å². The van der Waals surface area contributed by atoms with Crippen molar-refractivity contribution >= 4 is 11.7 Å². The Labute approximate surface area is 102 Å². The highest BCUT2D eigenvalue weighted by molar-refractivity contribution is 5.92. The summed E-state index contributed by atoms with van der Waals surface area (Å²) < 4.78 is 0. The molecule has 5 heteroatoms. The topological polar surface area (TPSA) is 58.1 Å². The molecule has 0 saturated heterocycles. The van der Waals surface area contributed by atoms with E-state index >= 15 is 0 Å². The van der Waals surface area contributed by atoms with Gasteiger partial charge in [0.05, 0.1) is 12.4 Å². The molecule has 0 fully saturated rings. The van der Waals surface area contributed by atoms with Crippen LogP contribution in [-0.4, -0.2) is 40.9 Å². The zero-order chi connectivity index (χ0) is 12.7. The van der Waals surface area contributed by atoms with Crippen molar-refractivity contribution in [1.29, 1.82) is 0 Å². The van der Waals surface area contributed by atoms with Crippen molar-refractivity contribution in [2.75, 3.05) is 25.5 Å². The first-order valence-corrected chi connectivity index (χ1v) is 6.02. The van der Waals surface area contributed by atoms with Crippen molar-refractivity contribution < 1.29 is 4.79 Å². The Morgan fingerprint density at radius 2 is 1.94 bits per heavy atom. The molecule has 1 amide bonds. The molecule has 1 heterocycles. The summed E-state index contributed by atoms with van der Waals surface area (Å²) >= 11 is 0. The molecule has 0 aliphatic carbocycles. The third kappa shape index (κ3) is 3.69. The third-order valence-corrected chi connectivity index (χ3v) is 2.38. The third-order valence-electron chi connectivity index (χ3n) is 2.38. The Bertz CT molecular complexity index is 361. The number of nitrogens with zero attached hydrogens (tertiary/aromatic N) is 3. The van der Waals surface area contributed by atoms with Gasteiger partial charge in [0.15, 0.2) is 0 Å². The van der Waals surface area contributed by atoms with Crippen LogP contribution in [0.15, 0.2) is 12.4 Å². The first-order chi connectivity index (χ1) is 8.22. The Balaban J connectivity index is 2.84. The van der Waals surface area contributed by atoms with E-state index in [4.69, 9.17) is 0 Å². The van der Waals surface area contributed by atoms with Gasteiger partial charge in [0.1, 0.15) is 11.5 Å². The van der Waals surface area contributed by atoms with Crippen molar-refractivity contribution in [3.8, 4) is 0 Å². The highest BCUT2D eigenvalue weighted by Gasteiger charge is 2.16. The number of hydrogen-bond acceptors (Lipinski definition) is 4. The van der Waals surface area contributed by atoms with Crippen molar-refractivity contribution in [2.24, 2.45) is 0 Å². The van der Waals surface area contributed by atoms with Gasteiger partial charge >= 0.3 is 0 Å². The van der Waals surface area contributed by atoms with Crippen molar-refractivity contribution in [2.45, 2.75) is 26.7 Å². The molecule has 0 radical (unpaired) electrons. The molecule has 0 saturated carbocycles. The van der Waals surface area contributed by atoms with E-state index in [0.29, 0.717) is 11.5 Å². The second-order valence-corrected chi connectivity index (χ2v) is 3.83. The Morgan fingerprint density at radius 3 is 2.47 bits per heavy atom. The maximum absolute atomic E-state index is 12.2. The molecule has 17 heavy (non-hydrogen) atoms. The zero-order valence-corrected chi connectivity index (χ0v) is 10.7. The van der Waals surface area contributed by atoms with Crippen molar-refractivity contribution in [3.05, 3.63) is 18.1 Å². The van der Waals surface area contributed by atoms with Crippen LogP contribution >= 0.6 is 0 Å². The Kier molecular flexibility index (Phi) is 5.39. The Hall–Kier alpha value is -1.65. The minimum absolute atomic E-state index is 0.0432. The summed E-state index contributed by atoms with van der Waals surface area (Å²) in [5, 5.41) is 2.88. The van der Waals surface area contributed by atoms with E-state index in [9.17, 15) is 4.79 Å². The lowest BCUT2D eigenvalue weighted by atomic mass is 10.3. The number of rotatable bonds is 6. The first-order valence-electron chi connectivity index (χ1n) is 6.02. The summed E-state index contributed by atoms with van der Waals surface area (Å²) in [7, 11) is 1.76. The SMILES string of the molecule is CCCN(CCC)C(=O)c1cncc(NC)n1. The summed E-state index contributed by atoms with van der Waals surface area (Å²) in [5.74, 6) is 0.571. The number of anilines is 1. The van der Waals surface area contributed by atoms with Crippen LogP contribution in [0.3, 0.4) is 0 Å². The molecule has 1 aromatic rings. The van der Waals surface area contributed by atoms with Gasteiger partial charge in [-0.1, -0.05) is 13.8 Å². The Morgan fingerprint density at radius 1 is 1.29 bits per heavy atom. The summed E-state index contributed by atoms with van der Waals surface area (Å²) in [5.41, 5.74) is 0.402. The number of hydrogen-bond donors (Lipinski definition) is 1. The first kappa shape index (κ1) is 13.4. The van der Waals surface area contributed by atoms with Gasteiger partial charge in [-0.25, -0.2) is 4.98 Å². The van der Waals surface area contributed by atoms with Gasteiger partial charge in [0.2, 0.25) is 0 Å². The van der Waals surface area contributed by atoms with E-state index in [2.05, 4.69) is 29.1 Å². The lowest BCUT2D eigenvalue weighted by Crippen LogP contribution is -2.33. The van der Waals surface area contributed by atoms with E-state index < -0.39 is 0 Å². The molecule has 5 nitrogen and oxygen atoms in total. The smallest absolute Gasteiger partial charge is 0.274 e. The van der Waals surface area contributed by atoms with E-state index in [1.807, 2.05) is 4.90 Å². The number of carbonyl (C=O) groups excluding carboxylic acids is 1. The second kappa shape index (κ2) is 6.83. The predicted molar refractivity (Wildman–Crippen MR) is 68.1 cm³/mol. The van der Waals surface area contributed by atoms with Crippen LogP contribution in [-0.2, 0) is 0 Å². The average molecular weight is 236 g/mol. The molecule has 0 aliphatic rings. The highest BCUT2D eigenvalue weighted by atomic mass is 16.2. The van der Waals surface area contributed by atoms with Crippen LogP contribution in [0, 0.1) is 0 Å². The predicted octanol–water partition coefficient (Wildman–Crippen LogP) is 1.78. The van der Waals surface area contributed by atoms with Crippen LogP contribution < -0.4 is 5.32 Å². The highest BCUT2D eigenvalue weighted by Crippen LogP contribution is 2.06. The minimum Gasteiger partial charge on any atom is -0.372 e. The van der Waals surface area contributed by atoms with Gasteiger partial charge in [-0.2, -0.15) is 0 Å². The number of aromatic nitrogens is 2. The second-order valence-electron chi connectivity index (χ2n) is 3.83. The van der Waals surface area contributed by atoms with Crippen molar-refractivity contribution in [3.63, 3.8) is 0 Å².